The molecule has 1 aromatic heterocycles. The van der Waals surface area contributed by atoms with Gasteiger partial charge in [0.15, 0.2) is 0 Å². The molecule has 7 heteroatoms. The molecule has 0 saturated carbocycles. The Morgan fingerprint density at radius 1 is 1.47 bits per heavy atom. The molecule has 2 aromatic rings. The number of benzene rings is 1. The molecule has 0 amide bonds. The van der Waals surface area contributed by atoms with Gasteiger partial charge in [0, 0.05) is 27.0 Å². The molecule has 2 rings (SSSR count). The first-order chi connectivity index (χ1) is 8.97. The maximum Gasteiger partial charge on any atom is 0.324 e. The monoisotopic (exact) mass is 360 g/mol. The van der Waals surface area contributed by atoms with Gasteiger partial charge in [0.25, 0.3) is 0 Å². The van der Waals surface area contributed by atoms with Gasteiger partial charge < -0.3 is 5.32 Å². The van der Waals surface area contributed by atoms with Gasteiger partial charge in [-0.3, -0.25) is 10.1 Å². The van der Waals surface area contributed by atoms with Crippen LogP contribution in [0.3, 0.4) is 0 Å². The van der Waals surface area contributed by atoms with Crippen molar-refractivity contribution in [3.05, 3.63) is 54.3 Å². The summed E-state index contributed by atoms with van der Waals surface area (Å²) in [5.74, 6) is 0. The van der Waals surface area contributed by atoms with E-state index in [9.17, 15) is 10.1 Å². The van der Waals surface area contributed by atoms with Gasteiger partial charge in [-0.15, -0.1) is 0 Å². The van der Waals surface area contributed by atoms with Crippen LogP contribution in [0.15, 0.2) is 28.7 Å². The Morgan fingerprint density at radius 3 is 2.84 bits per heavy atom. The second kappa shape index (κ2) is 5.90. The lowest BCUT2D eigenvalue weighted by molar-refractivity contribution is -0.380. The third kappa shape index (κ3) is 3.46. The summed E-state index contributed by atoms with van der Waals surface area (Å²) in [5.41, 5.74) is 1.86. The molecule has 0 aliphatic heterocycles. The van der Waals surface area contributed by atoms with Gasteiger partial charge in [0.1, 0.15) is 0 Å². The molecule has 100 valence electrons. The van der Waals surface area contributed by atoms with Crippen molar-refractivity contribution in [2.45, 2.75) is 13.5 Å². The number of nitrogens with one attached hydrogen (secondary N) is 1. The second-order valence-corrected chi connectivity index (χ2v) is 6.34. The minimum Gasteiger partial charge on any atom is -0.379 e. The van der Waals surface area contributed by atoms with E-state index in [2.05, 4.69) is 21.2 Å². The second-order valence-electron chi connectivity index (χ2n) is 3.93. The Bertz CT molecular complexity index is 630. The number of hydrogen-bond donors (Lipinski definition) is 1. The molecular weight excluding hydrogens is 352 g/mol. The molecule has 0 fully saturated rings. The Labute approximate surface area is 127 Å². The van der Waals surface area contributed by atoms with Gasteiger partial charge in [0.05, 0.1) is 10.6 Å². The van der Waals surface area contributed by atoms with Crippen molar-refractivity contribution >= 4 is 49.6 Å². The number of hydrogen-bond acceptors (Lipinski definition) is 4. The predicted octanol–water partition coefficient (Wildman–Crippen LogP) is 4.99. The zero-order chi connectivity index (χ0) is 14.0. The van der Waals surface area contributed by atoms with Crippen LogP contribution in [0.1, 0.15) is 10.4 Å². The standard InChI is InChI=1S/C12H10BrClN2O2S/c1-7-4-9(13)11(5-10(7)14)15-6-8-2-3-12(19-8)16(17)18/h2-5,15H,6H2,1H3. The third-order valence-electron chi connectivity index (χ3n) is 2.53. The van der Waals surface area contributed by atoms with E-state index in [1.807, 2.05) is 19.1 Å². The van der Waals surface area contributed by atoms with Gasteiger partial charge in [-0.2, -0.15) is 0 Å². The van der Waals surface area contributed by atoms with Crippen molar-refractivity contribution in [1.82, 2.24) is 0 Å². The molecule has 19 heavy (non-hydrogen) atoms. The summed E-state index contributed by atoms with van der Waals surface area (Å²) in [6.45, 7) is 2.45. The van der Waals surface area contributed by atoms with Crippen LogP contribution in [0.4, 0.5) is 10.7 Å². The molecule has 0 saturated heterocycles. The van der Waals surface area contributed by atoms with Gasteiger partial charge in [-0.05, 0) is 46.6 Å². The minimum absolute atomic E-state index is 0.151. The van der Waals surface area contributed by atoms with Crippen molar-refractivity contribution in [3.8, 4) is 0 Å². The fourth-order valence-corrected chi connectivity index (χ4v) is 3.05. The van der Waals surface area contributed by atoms with E-state index < -0.39 is 0 Å². The highest BCUT2D eigenvalue weighted by Gasteiger charge is 2.10. The Balaban J connectivity index is 2.09. The van der Waals surface area contributed by atoms with E-state index in [-0.39, 0.29) is 9.92 Å². The summed E-state index contributed by atoms with van der Waals surface area (Å²) in [6, 6.07) is 7.03. The van der Waals surface area contributed by atoms with Crippen LogP contribution in [-0.2, 0) is 6.54 Å². The number of nitro groups is 1. The number of aryl methyl sites for hydroxylation is 1. The highest BCUT2D eigenvalue weighted by molar-refractivity contribution is 9.10. The van der Waals surface area contributed by atoms with E-state index >= 15 is 0 Å². The van der Waals surface area contributed by atoms with E-state index in [1.165, 1.54) is 6.07 Å². The SMILES string of the molecule is Cc1cc(Br)c(NCc2ccc([N+](=O)[O-])s2)cc1Cl. The third-order valence-corrected chi connectivity index (χ3v) is 4.63. The molecule has 0 spiro atoms. The summed E-state index contributed by atoms with van der Waals surface area (Å²) in [6.07, 6.45) is 0. The molecule has 0 aliphatic carbocycles. The van der Waals surface area contributed by atoms with Crippen molar-refractivity contribution in [2.24, 2.45) is 0 Å². The van der Waals surface area contributed by atoms with E-state index in [0.717, 1.165) is 31.9 Å². The van der Waals surface area contributed by atoms with Gasteiger partial charge in [-0.25, -0.2) is 0 Å². The number of rotatable bonds is 4. The van der Waals surface area contributed by atoms with Gasteiger partial charge >= 0.3 is 5.00 Å². The van der Waals surface area contributed by atoms with E-state index in [4.69, 9.17) is 11.6 Å². The average Bonchev–Trinajstić information content (AvgIpc) is 2.81. The van der Waals surface area contributed by atoms with E-state index in [1.54, 1.807) is 6.07 Å². The smallest absolute Gasteiger partial charge is 0.324 e. The molecule has 1 aromatic carbocycles. The average molecular weight is 362 g/mol. The van der Waals surface area contributed by atoms with Gasteiger partial charge in [-0.1, -0.05) is 22.9 Å². The lowest BCUT2D eigenvalue weighted by Gasteiger charge is -2.09. The van der Waals surface area contributed by atoms with Crippen LogP contribution in [0.5, 0.6) is 0 Å². The summed E-state index contributed by atoms with van der Waals surface area (Å²) in [4.78, 5) is 11.1. The fraction of sp³-hybridized carbons (Fsp3) is 0.167. The van der Waals surface area contributed by atoms with Crippen LogP contribution in [-0.4, -0.2) is 4.92 Å². The number of thiophene rings is 1. The number of nitrogens with zero attached hydrogens (tertiary/aromatic N) is 1. The first-order valence-electron chi connectivity index (χ1n) is 5.40. The molecule has 0 unspecified atom stereocenters. The first kappa shape index (κ1) is 14.3. The lowest BCUT2D eigenvalue weighted by Crippen LogP contribution is -1.98. The molecule has 0 aliphatic rings. The largest absolute Gasteiger partial charge is 0.379 e. The maximum atomic E-state index is 10.6. The molecule has 4 nitrogen and oxygen atoms in total. The normalized spacial score (nSPS) is 10.5. The Kier molecular flexibility index (Phi) is 4.44. The molecule has 0 bridgehead atoms. The van der Waals surface area contributed by atoms with Crippen LogP contribution in [0.25, 0.3) is 0 Å². The fourth-order valence-electron chi connectivity index (χ4n) is 1.52. The Hall–Kier alpha value is -1.11. The predicted molar refractivity (Wildman–Crippen MR) is 82.2 cm³/mol. The lowest BCUT2D eigenvalue weighted by atomic mass is 10.2. The van der Waals surface area contributed by atoms with Crippen molar-refractivity contribution < 1.29 is 4.92 Å². The molecule has 0 radical (unpaired) electrons. The summed E-state index contributed by atoms with van der Waals surface area (Å²) >= 11 is 10.7. The molecule has 1 N–H and O–H groups in total. The topological polar surface area (TPSA) is 55.2 Å². The highest BCUT2D eigenvalue weighted by Crippen LogP contribution is 2.30. The van der Waals surface area contributed by atoms with Crippen LogP contribution < -0.4 is 5.32 Å². The number of halogens is 2. The Morgan fingerprint density at radius 2 is 2.21 bits per heavy atom. The van der Waals surface area contributed by atoms with E-state index in [0.29, 0.717) is 11.6 Å². The van der Waals surface area contributed by atoms with Crippen LogP contribution in [0.2, 0.25) is 5.02 Å². The van der Waals surface area contributed by atoms with Crippen molar-refractivity contribution in [1.29, 1.82) is 0 Å². The summed E-state index contributed by atoms with van der Waals surface area (Å²) in [7, 11) is 0. The molecular formula is C12H10BrClN2O2S. The zero-order valence-corrected chi connectivity index (χ0v) is 13.1. The minimum atomic E-state index is -0.382. The van der Waals surface area contributed by atoms with Gasteiger partial charge in [0.2, 0.25) is 0 Å². The molecule has 0 atom stereocenters. The summed E-state index contributed by atoms with van der Waals surface area (Å²) in [5, 5.41) is 14.6. The van der Waals surface area contributed by atoms with Crippen molar-refractivity contribution in [2.75, 3.05) is 5.32 Å². The molecule has 1 heterocycles. The van der Waals surface area contributed by atoms with Crippen LogP contribution >= 0.6 is 38.9 Å². The highest BCUT2D eigenvalue weighted by atomic mass is 79.9. The zero-order valence-electron chi connectivity index (χ0n) is 9.94. The van der Waals surface area contributed by atoms with Crippen molar-refractivity contribution in [3.63, 3.8) is 0 Å². The first-order valence-corrected chi connectivity index (χ1v) is 7.38. The summed E-state index contributed by atoms with van der Waals surface area (Å²) < 4.78 is 0.917. The van der Waals surface area contributed by atoms with Crippen LogP contribution in [0, 0.1) is 17.0 Å². The number of anilines is 1. The maximum absolute atomic E-state index is 10.6. The quantitative estimate of drug-likeness (QED) is 0.616.